The molecule has 0 spiro atoms. The second kappa shape index (κ2) is 9.40. The van der Waals surface area contributed by atoms with E-state index in [1.165, 1.54) is 17.4 Å². The topological polar surface area (TPSA) is 112 Å². The number of benzene rings is 1. The van der Waals surface area contributed by atoms with Crippen molar-refractivity contribution < 1.29 is 13.2 Å². The van der Waals surface area contributed by atoms with Crippen LogP contribution >= 0.6 is 11.3 Å². The van der Waals surface area contributed by atoms with Gasteiger partial charge in [0.05, 0.1) is 17.8 Å². The summed E-state index contributed by atoms with van der Waals surface area (Å²) in [7, 11) is -3.45. The van der Waals surface area contributed by atoms with E-state index in [1.807, 2.05) is 6.92 Å². The Morgan fingerprint density at radius 1 is 1.23 bits per heavy atom. The third-order valence-electron chi connectivity index (χ3n) is 4.34. The standard InChI is InChI=1S/C20H24N4O4S2/c1-3-9-24(13-17-21-16-8-10-29-18(16)19(25)22-17)20(26)14-6-5-7-15(12-14)23-30(27,28)11-4-2/h5-8,10,12,23H,3-4,9,11,13H2,1-2H3,(H,21,22,25). The van der Waals surface area contributed by atoms with Gasteiger partial charge >= 0.3 is 0 Å². The molecule has 0 aliphatic heterocycles. The molecule has 0 saturated carbocycles. The predicted octanol–water partition coefficient (Wildman–Crippen LogP) is 3.19. The van der Waals surface area contributed by atoms with Gasteiger partial charge in [0.25, 0.3) is 11.5 Å². The van der Waals surface area contributed by atoms with Crippen molar-refractivity contribution >= 4 is 43.2 Å². The lowest BCUT2D eigenvalue weighted by atomic mass is 10.1. The summed E-state index contributed by atoms with van der Waals surface area (Å²) in [6.45, 7) is 4.36. The van der Waals surface area contributed by atoms with Crippen LogP contribution in [0.2, 0.25) is 0 Å². The number of nitrogens with one attached hydrogen (secondary N) is 2. The van der Waals surface area contributed by atoms with Crippen molar-refractivity contribution in [2.24, 2.45) is 0 Å². The molecule has 2 heterocycles. The van der Waals surface area contributed by atoms with Crippen LogP contribution in [0.4, 0.5) is 5.69 Å². The first-order valence-corrected chi connectivity index (χ1v) is 12.2. The number of carbonyl (C=O) groups excluding carboxylic acids is 1. The maximum Gasteiger partial charge on any atom is 0.268 e. The molecule has 2 aromatic heterocycles. The van der Waals surface area contributed by atoms with Gasteiger partial charge in [0.1, 0.15) is 10.5 Å². The summed E-state index contributed by atoms with van der Waals surface area (Å²) in [6, 6.07) is 8.18. The minimum absolute atomic E-state index is 0.0111. The maximum absolute atomic E-state index is 13.1. The first kappa shape index (κ1) is 22.0. The summed E-state index contributed by atoms with van der Waals surface area (Å²) < 4.78 is 27.1. The van der Waals surface area contributed by atoms with Gasteiger partial charge in [-0.2, -0.15) is 0 Å². The fourth-order valence-electron chi connectivity index (χ4n) is 3.10. The highest BCUT2D eigenvalue weighted by atomic mass is 32.2. The molecule has 30 heavy (non-hydrogen) atoms. The van der Waals surface area contributed by atoms with Gasteiger partial charge in [0, 0.05) is 17.8 Å². The number of hydrogen-bond donors (Lipinski definition) is 2. The van der Waals surface area contributed by atoms with Gasteiger partial charge in [0.2, 0.25) is 10.0 Å². The van der Waals surface area contributed by atoms with E-state index < -0.39 is 10.0 Å². The van der Waals surface area contributed by atoms with Crippen molar-refractivity contribution in [1.29, 1.82) is 0 Å². The largest absolute Gasteiger partial charge is 0.331 e. The summed E-state index contributed by atoms with van der Waals surface area (Å²) in [5.41, 5.74) is 1.09. The molecule has 1 aromatic carbocycles. The van der Waals surface area contributed by atoms with Crippen LogP contribution in [0.15, 0.2) is 40.5 Å². The van der Waals surface area contributed by atoms with Crippen molar-refractivity contribution in [3.05, 3.63) is 57.5 Å². The van der Waals surface area contributed by atoms with E-state index in [9.17, 15) is 18.0 Å². The highest BCUT2D eigenvalue weighted by Crippen LogP contribution is 2.17. The second-order valence-corrected chi connectivity index (χ2v) is 9.63. The number of thiophene rings is 1. The molecule has 3 rings (SSSR count). The summed E-state index contributed by atoms with van der Waals surface area (Å²) in [6.07, 6.45) is 1.22. The van der Waals surface area contributed by atoms with Gasteiger partial charge in [-0.1, -0.05) is 19.9 Å². The van der Waals surface area contributed by atoms with E-state index in [2.05, 4.69) is 14.7 Å². The lowest BCUT2D eigenvalue weighted by Gasteiger charge is -2.22. The highest BCUT2D eigenvalue weighted by Gasteiger charge is 2.18. The molecular weight excluding hydrogens is 424 g/mol. The smallest absolute Gasteiger partial charge is 0.268 e. The molecule has 0 aliphatic carbocycles. The van der Waals surface area contributed by atoms with Crippen molar-refractivity contribution in [3.8, 4) is 0 Å². The Morgan fingerprint density at radius 2 is 2.03 bits per heavy atom. The summed E-state index contributed by atoms with van der Waals surface area (Å²) >= 11 is 1.32. The molecule has 1 amide bonds. The molecule has 0 aliphatic rings. The average molecular weight is 449 g/mol. The van der Waals surface area contributed by atoms with Crippen molar-refractivity contribution in [2.45, 2.75) is 33.2 Å². The molecule has 0 atom stereocenters. The average Bonchev–Trinajstić information content (AvgIpc) is 3.16. The van der Waals surface area contributed by atoms with Gasteiger partial charge in [-0.15, -0.1) is 11.3 Å². The van der Waals surface area contributed by atoms with Crippen molar-refractivity contribution in [2.75, 3.05) is 17.0 Å². The zero-order chi connectivity index (χ0) is 21.7. The fourth-order valence-corrected chi connectivity index (χ4v) is 4.95. The molecule has 160 valence electrons. The molecule has 8 nitrogen and oxygen atoms in total. The Kier molecular flexibility index (Phi) is 6.88. The van der Waals surface area contributed by atoms with Crippen LogP contribution in [0, 0.1) is 0 Å². The van der Waals surface area contributed by atoms with Crippen LogP contribution in [0.3, 0.4) is 0 Å². The van der Waals surface area contributed by atoms with Gasteiger partial charge in [-0.05, 0) is 42.5 Å². The van der Waals surface area contributed by atoms with Crippen molar-refractivity contribution in [1.82, 2.24) is 14.9 Å². The number of H-pyrrole nitrogens is 1. The van der Waals surface area contributed by atoms with Crippen LogP contribution in [0.1, 0.15) is 42.9 Å². The maximum atomic E-state index is 13.1. The van der Waals surface area contributed by atoms with E-state index in [0.29, 0.717) is 40.3 Å². The zero-order valence-corrected chi connectivity index (χ0v) is 18.5. The van der Waals surface area contributed by atoms with Crippen LogP contribution < -0.4 is 10.3 Å². The van der Waals surface area contributed by atoms with Crippen LogP contribution in [-0.4, -0.2) is 41.5 Å². The number of nitrogens with zero attached hydrogens (tertiary/aromatic N) is 2. The quantitative estimate of drug-likeness (QED) is 0.522. The molecule has 10 heteroatoms. The normalized spacial score (nSPS) is 11.5. The van der Waals surface area contributed by atoms with Crippen LogP contribution in [0.25, 0.3) is 10.2 Å². The van der Waals surface area contributed by atoms with E-state index >= 15 is 0 Å². The van der Waals surface area contributed by atoms with E-state index in [-0.39, 0.29) is 23.8 Å². The molecular formula is C20H24N4O4S2. The Hall–Kier alpha value is -2.72. The molecule has 0 fully saturated rings. The Morgan fingerprint density at radius 3 is 2.77 bits per heavy atom. The SMILES string of the molecule is CCCN(Cc1nc2ccsc2c(=O)[nH]1)C(=O)c1cccc(NS(=O)(=O)CCC)c1. The third-order valence-corrected chi connectivity index (χ3v) is 6.74. The number of carbonyl (C=O) groups is 1. The fraction of sp³-hybridized carbons (Fsp3) is 0.350. The Labute approximate surface area is 179 Å². The lowest BCUT2D eigenvalue weighted by molar-refractivity contribution is 0.0739. The number of aromatic nitrogens is 2. The second-order valence-electron chi connectivity index (χ2n) is 6.88. The molecule has 0 bridgehead atoms. The predicted molar refractivity (Wildman–Crippen MR) is 119 cm³/mol. The molecule has 3 aromatic rings. The summed E-state index contributed by atoms with van der Waals surface area (Å²) in [4.78, 5) is 34.1. The van der Waals surface area contributed by atoms with Crippen molar-refractivity contribution in [3.63, 3.8) is 0 Å². The first-order chi connectivity index (χ1) is 14.3. The van der Waals surface area contributed by atoms with Crippen LogP contribution in [-0.2, 0) is 16.6 Å². The number of anilines is 1. The minimum Gasteiger partial charge on any atom is -0.331 e. The number of hydrogen-bond acceptors (Lipinski definition) is 6. The molecule has 0 saturated heterocycles. The Balaban J connectivity index is 1.84. The zero-order valence-electron chi connectivity index (χ0n) is 16.8. The Bertz CT molecular complexity index is 1200. The summed E-state index contributed by atoms with van der Waals surface area (Å²) in [5, 5.41) is 1.80. The van der Waals surface area contributed by atoms with E-state index in [0.717, 1.165) is 6.42 Å². The molecule has 2 N–H and O–H groups in total. The first-order valence-electron chi connectivity index (χ1n) is 9.69. The summed E-state index contributed by atoms with van der Waals surface area (Å²) in [5.74, 6) is 0.158. The van der Waals surface area contributed by atoms with E-state index in [4.69, 9.17) is 0 Å². The highest BCUT2D eigenvalue weighted by molar-refractivity contribution is 7.92. The van der Waals surface area contributed by atoms with Gasteiger partial charge in [-0.3, -0.25) is 14.3 Å². The number of rotatable bonds is 9. The number of fused-ring (bicyclic) bond motifs is 1. The molecule has 0 radical (unpaired) electrons. The van der Waals surface area contributed by atoms with Gasteiger partial charge in [0.15, 0.2) is 0 Å². The number of sulfonamides is 1. The minimum atomic E-state index is -3.45. The van der Waals surface area contributed by atoms with Gasteiger partial charge < -0.3 is 9.88 Å². The third kappa shape index (κ3) is 5.25. The monoisotopic (exact) mass is 448 g/mol. The number of aromatic amines is 1. The van der Waals surface area contributed by atoms with E-state index in [1.54, 1.807) is 41.5 Å². The van der Waals surface area contributed by atoms with Gasteiger partial charge in [-0.25, -0.2) is 13.4 Å². The lowest BCUT2D eigenvalue weighted by Crippen LogP contribution is -2.32. The number of amides is 1. The molecule has 0 unspecified atom stereocenters. The van der Waals surface area contributed by atoms with Crippen LogP contribution in [0.5, 0.6) is 0 Å².